The highest BCUT2D eigenvalue weighted by molar-refractivity contribution is 7.90. The first-order valence-electron chi connectivity index (χ1n) is 13.0. The standard InChI is InChI=1S/C32H30N2O2S/c1-20-17-24-30(32(2,3)18-20)28(25-19-33-26-15-9-7-13-22(25)26)29-23-14-8-10-16-27(23)34(31(24)29)37(35,36)21-11-5-4-6-12-21/h4-17,19,24,28,30,33H,18H2,1-3H3/t24-,28+,30+/m0/s1. The monoisotopic (exact) mass is 506 g/mol. The van der Waals surface area contributed by atoms with E-state index in [4.69, 9.17) is 0 Å². The number of hydrogen-bond donors (Lipinski definition) is 1. The number of fused-ring (bicyclic) bond motifs is 6. The summed E-state index contributed by atoms with van der Waals surface area (Å²) >= 11 is 0. The molecular weight excluding hydrogens is 476 g/mol. The fraction of sp³-hybridized carbons (Fsp3) is 0.250. The summed E-state index contributed by atoms with van der Waals surface area (Å²) in [6, 6.07) is 25.3. The van der Waals surface area contributed by atoms with Crippen LogP contribution in [0.5, 0.6) is 0 Å². The minimum absolute atomic E-state index is 0.00306. The zero-order valence-corrected chi connectivity index (χ0v) is 22.1. The van der Waals surface area contributed by atoms with Crippen LogP contribution in [-0.2, 0) is 10.0 Å². The van der Waals surface area contributed by atoms with Crippen LogP contribution in [0.25, 0.3) is 21.8 Å². The predicted molar refractivity (Wildman–Crippen MR) is 149 cm³/mol. The molecule has 2 aliphatic rings. The quantitative estimate of drug-likeness (QED) is 0.256. The molecule has 0 radical (unpaired) electrons. The highest BCUT2D eigenvalue weighted by atomic mass is 32.2. The van der Waals surface area contributed by atoms with Crippen LogP contribution in [0.15, 0.2) is 102 Å². The van der Waals surface area contributed by atoms with Crippen LogP contribution >= 0.6 is 0 Å². The molecule has 0 saturated carbocycles. The predicted octanol–water partition coefficient (Wildman–Crippen LogP) is 7.58. The summed E-state index contributed by atoms with van der Waals surface area (Å²) in [5.74, 6) is 0.318. The fourth-order valence-electron chi connectivity index (χ4n) is 7.43. The van der Waals surface area contributed by atoms with E-state index in [-0.39, 0.29) is 23.2 Å². The third kappa shape index (κ3) is 3.10. The summed E-state index contributed by atoms with van der Waals surface area (Å²) in [4.78, 5) is 3.82. The maximum absolute atomic E-state index is 14.3. The molecule has 0 amide bonds. The summed E-state index contributed by atoms with van der Waals surface area (Å²) in [6.07, 6.45) is 5.50. The molecule has 0 bridgehead atoms. The maximum atomic E-state index is 14.3. The Balaban J connectivity index is 1.62. The number of hydrogen-bond acceptors (Lipinski definition) is 2. The van der Waals surface area contributed by atoms with Crippen molar-refractivity contribution in [1.82, 2.24) is 8.96 Å². The second kappa shape index (κ2) is 7.72. The van der Waals surface area contributed by atoms with Gasteiger partial charge in [-0.15, -0.1) is 0 Å². The third-order valence-electron chi connectivity index (χ3n) is 8.62. The van der Waals surface area contributed by atoms with Crippen LogP contribution < -0.4 is 0 Å². The zero-order chi connectivity index (χ0) is 25.5. The second-order valence-electron chi connectivity index (χ2n) is 11.4. The smallest absolute Gasteiger partial charge is 0.268 e. The molecular formula is C32H30N2O2S. The Labute approximate surface area is 217 Å². The summed E-state index contributed by atoms with van der Waals surface area (Å²) in [7, 11) is -3.81. The molecule has 37 heavy (non-hydrogen) atoms. The lowest BCUT2D eigenvalue weighted by atomic mass is 9.61. The average molecular weight is 507 g/mol. The van der Waals surface area contributed by atoms with E-state index in [9.17, 15) is 8.42 Å². The van der Waals surface area contributed by atoms with E-state index in [1.807, 2.05) is 24.3 Å². The minimum atomic E-state index is -3.81. The lowest BCUT2D eigenvalue weighted by Crippen LogP contribution is -2.34. The molecule has 0 fully saturated rings. The van der Waals surface area contributed by atoms with E-state index in [0.29, 0.717) is 4.90 Å². The van der Waals surface area contributed by atoms with Crippen molar-refractivity contribution >= 4 is 31.8 Å². The summed E-state index contributed by atoms with van der Waals surface area (Å²) in [5, 5.41) is 2.24. The van der Waals surface area contributed by atoms with E-state index in [1.165, 1.54) is 16.5 Å². The van der Waals surface area contributed by atoms with Gasteiger partial charge in [0.2, 0.25) is 0 Å². The molecule has 0 spiro atoms. The molecule has 3 atom stereocenters. The number of nitrogens with one attached hydrogen (secondary N) is 1. The van der Waals surface area contributed by atoms with Gasteiger partial charge in [-0.3, -0.25) is 0 Å². The molecule has 1 N–H and O–H groups in total. The Kier molecular flexibility index (Phi) is 4.72. The Bertz CT molecular complexity index is 1820. The van der Waals surface area contributed by atoms with Gasteiger partial charge in [-0.05, 0) is 60.1 Å². The first-order valence-corrected chi connectivity index (χ1v) is 14.4. The molecule has 3 aromatic carbocycles. The van der Waals surface area contributed by atoms with E-state index in [1.54, 1.807) is 28.2 Å². The first kappa shape index (κ1) is 22.6. The van der Waals surface area contributed by atoms with Gasteiger partial charge < -0.3 is 4.98 Å². The number of nitrogens with zero attached hydrogens (tertiary/aromatic N) is 1. The topological polar surface area (TPSA) is 54.9 Å². The van der Waals surface area contributed by atoms with Crippen LogP contribution in [0, 0.1) is 11.3 Å². The normalized spacial score (nSPS) is 22.7. The summed E-state index contributed by atoms with van der Waals surface area (Å²) < 4.78 is 30.3. The SMILES string of the molecule is CC1=C[C@@H]2c3c(c4ccccc4n3S(=O)(=O)c3ccccc3)[C@@H](c3c[nH]c4ccccc34)[C@@H]2C(C)(C)C1. The molecule has 5 aromatic rings. The molecule has 2 aromatic heterocycles. The van der Waals surface area contributed by atoms with Crippen LogP contribution in [0.2, 0.25) is 0 Å². The molecule has 2 heterocycles. The van der Waals surface area contributed by atoms with Crippen molar-refractivity contribution < 1.29 is 8.42 Å². The van der Waals surface area contributed by atoms with Crippen LogP contribution in [0.3, 0.4) is 0 Å². The highest BCUT2D eigenvalue weighted by Gasteiger charge is 2.53. The number of aromatic amines is 1. The van der Waals surface area contributed by atoms with Gasteiger partial charge in [0.1, 0.15) is 0 Å². The van der Waals surface area contributed by atoms with Crippen LogP contribution in [0.1, 0.15) is 55.8 Å². The van der Waals surface area contributed by atoms with Gasteiger partial charge >= 0.3 is 0 Å². The van der Waals surface area contributed by atoms with Crippen molar-refractivity contribution in [3.63, 3.8) is 0 Å². The van der Waals surface area contributed by atoms with Crippen LogP contribution in [-0.4, -0.2) is 17.4 Å². The van der Waals surface area contributed by atoms with Gasteiger partial charge in [0.15, 0.2) is 0 Å². The van der Waals surface area contributed by atoms with E-state index in [0.717, 1.165) is 34.1 Å². The summed E-state index contributed by atoms with van der Waals surface area (Å²) in [5.41, 5.74) is 6.54. The van der Waals surface area contributed by atoms with E-state index < -0.39 is 10.0 Å². The van der Waals surface area contributed by atoms with Gasteiger partial charge in [0.25, 0.3) is 10.0 Å². The molecule has 186 valence electrons. The van der Waals surface area contributed by atoms with Gasteiger partial charge in [-0.1, -0.05) is 80.1 Å². The fourth-order valence-corrected chi connectivity index (χ4v) is 9.04. The van der Waals surface area contributed by atoms with Gasteiger partial charge in [-0.2, -0.15) is 0 Å². The van der Waals surface area contributed by atoms with Crippen molar-refractivity contribution in [2.45, 2.75) is 43.9 Å². The van der Waals surface area contributed by atoms with Crippen molar-refractivity contribution in [1.29, 1.82) is 0 Å². The van der Waals surface area contributed by atoms with E-state index >= 15 is 0 Å². The number of rotatable bonds is 3. The summed E-state index contributed by atoms with van der Waals surface area (Å²) in [6.45, 7) is 6.90. The highest BCUT2D eigenvalue weighted by Crippen LogP contribution is 2.63. The lowest BCUT2D eigenvalue weighted by molar-refractivity contribution is 0.172. The number of allylic oxidation sites excluding steroid dienone is 2. The van der Waals surface area contributed by atoms with Crippen molar-refractivity contribution in [3.8, 4) is 0 Å². The average Bonchev–Trinajstić information content (AvgIpc) is 3.54. The lowest BCUT2D eigenvalue weighted by Gasteiger charge is -2.43. The first-order chi connectivity index (χ1) is 17.8. The number of benzene rings is 3. The van der Waals surface area contributed by atoms with Gasteiger partial charge in [0, 0.05) is 40.0 Å². The Morgan fingerprint density at radius 3 is 2.35 bits per heavy atom. The van der Waals surface area contributed by atoms with Gasteiger partial charge in [0.05, 0.1) is 10.4 Å². The molecule has 0 saturated heterocycles. The van der Waals surface area contributed by atoms with E-state index in [2.05, 4.69) is 68.4 Å². The van der Waals surface area contributed by atoms with Crippen molar-refractivity contribution in [3.05, 3.63) is 114 Å². The minimum Gasteiger partial charge on any atom is -0.361 e. The van der Waals surface area contributed by atoms with Crippen LogP contribution in [0.4, 0.5) is 0 Å². The third-order valence-corrected chi connectivity index (χ3v) is 10.4. The number of H-pyrrole nitrogens is 1. The Morgan fingerprint density at radius 2 is 1.57 bits per heavy atom. The molecule has 0 unspecified atom stereocenters. The largest absolute Gasteiger partial charge is 0.361 e. The Hall–Kier alpha value is -3.57. The molecule has 2 aliphatic carbocycles. The number of aromatic nitrogens is 2. The molecule has 7 rings (SSSR count). The molecule has 5 heteroatoms. The Morgan fingerprint density at radius 1 is 0.892 bits per heavy atom. The number of para-hydroxylation sites is 2. The van der Waals surface area contributed by atoms with Gasteiger partial charge in [-0.25, -0.2) is 12.4 Å². The van der Waals surface area contributed by atoms with Crippen molar-refractivity contribution in [2.24, 2.45) is 11.3 Å². The molecule has 0 aliphatic heterocycles. The van der Waals surface area contributed by atoms with Crippen molar-refractivity contribution in [2.75, 3.05) is 0 Å². The second-order valence-corrected chi connectivity index (χ2v) is 13.2. The molecule has 4 nitrogen and oxygen atoms in total. The zero-order valence-electron chi connectivity index (χ0n) is 21.3. The maximum Gasteiger partial charge on any atom is 0.268 e.